The van der Waals surface area contributed by atoms with Gasteiger partial charge in [-0.3, -0.25) is 9.59 Å². The maximum atomic E-state index is 12.0. The molecular formula is C13H17NO2. The normalized spacial score (nSPS) is 17.2. The van der Waals surface area contributed by atoms with Gasteiger partial charge in [0.2, 0.25) is 0 Å². The maximum absolute atomic E-state index is 12.0. The Morgan fingerprint density at radius 1 is 1.19 bits per heavy atom. The topological polar surface area (TPSA) is 39.1 Å². The van der Waals surface area contributed by atoms with Gasteiger partial charge in [0, 0.05) is 30.4 Å². The molecule has 0 unspecified atom stereocenters. The van der Waals surface area contributed by atoms with Crippen LogP contribution in [-0.2, 0) is 11.3 Å². The first-order valence-electron chi connectivity index (χ1n) is 5.94. The summed E-state index contributed by atoms with van der Waals surface area (Å²) in [6.07, 6.45) is 9.08. The van der Waals surface area contributed by atoms with Crippen molar-refractivity contribution in [3.8, 4) is 0 Å². The first kappa shape index (κ1) is 11.1. The molecule has 0 spiro atoms. The van der Waals surface area contributed by atoms with E-state index < -0.39 is 0 Å². The van der Waals surface area contributed by atoms with E-state index in [1.807, 2.05) is 0 Å². The third-order valence-electron chi connectivity index (χ3n) is 3.26. The summed E-state index contributed by atoms with van der Waals surface area (Å²) >= 11 is 0. The van der Waals surface area contributed by atoms with Gasteiger partial charge >= 0.3 is 0 Å². The molecule has 0 aromatic carbocycles. The summed E-state index contributed by atoms with van der Waals surface area (Å²) in [6.45, 7) is 0.408. The minimum absolute atomic E-state index is 0.0126. The Bertz CT molecular complexity index is 396. The first-order valence-corrected chi connectivity index (χ1v) is 5.94. The van der Waals surface area contributed by atoms with Crippen molar-refractivity contribution in [3.63, 3.8) is 0 Å². The molecule has 0 bridgehead atoms. The minimum atomic E-state index is -0.0126. The predicted octanol–water partition coefficient (Wildman–Crippen LogP) is 2.00. The zero-order valence-corrected chi connectivity index (χ0v) is 9.39. The van der Waals surface area contributed by atoms with Gasteiger partial charge in [0.05, 0.1) is 6.54 Å². The summed E-state index contributed by atoms with van der Waals surface area (Å²) in [5, 5.41) is 0. The molecule has 1 aliphatic carbocycles. The molecule has 0 saturated heterocycles. The van der Waals surface area contributed by atoms with Crippen LogP contribution in [0.1, 0.15) is 32.1 Å². The second-order valence-electron chi connectivity index (χ2n) is 4.51. The Balaban J connectivity index is 1.95. The van der Waals surface area contributed by atoms with E-state index in [1.165, 1.54) is 31.4 Å². The van der Waals surface area contributed by atoms with Crippen LogP contribution >= 0.6 is 0 Å². The molecule has 16 heavy (non-hydrogen) atoms. The average Bonchev–Trinajstić information content (AvgIpc) is 2.33. The van der Waals surface area contributed by atoms with Crippen LogP contribution in [0.25, 0.3) is 0 Å². The lowest BCUT2D eigenvalue weighted by Crippen LogP contribution is -2.22. The zero-order valence-electron chi connectivity index (χ0n) is 9.39. The number of carbonyl (C=O) groups is 1. The van der Waals surface area contributed by atoms with Crippen molar-refractivity contribution in [1.29, 1.82) is 0 Å². The van der Waals surface area contributed by atoms with Crippen molar-refractivity contribution >= 4 is 5.78 Å². The fraction of sp³-hybridized carbons (Fsp3) is 0.538. The molecule has 0 radical (unpaired) electrons. The van der Waals surface area contributed by atoms with Gasteiger partial charge in [0.1, 0.15) is 0 Å². The smallest absolute Gasteiger partial charge is 0.181 e. The quantitative estimate of drug-likeness (QED) is 0.780. The Hall–Kier alpha value is -1.38. The number of hydrogen-bond acceptors (Lipinski definition) is 2. The largest absolute Gasteiger partial charge is 0.347 e. The van der Waals surface area contributed by atoms with E-state index in [0.29, 0.717) is 12.3 Å². The number of nitrogens with zero attached hydrogens (tertiary/aromatic N) is 1. The fourth-order valence-corrected chi connectivity index (χ4v) is 2.28. The van der Waals surface area contributed by atoms with Crippen molar-refractivity contribution in [3.05, 3.63) is 34.7 Å². The van der Waals surface area contributed by atoms with E-state index in [0.717, 1.165) is 12.8 Å². The SMILES string of the molecule is O=C(Cn1ccc(=O)cc1)C1CCCCC1. The number of hydrogen-bond donors (Lipinski definition) is 0. The number of carbonyl (C=O) groups excluding carboxylic acids is 1. The molecule has 1 aliphatic rings. The molecule has 86 valence electrons. The van der Waals surface area contributed by atoms with Crippen molar-refractivity contribution < 1.29 is 4.79 Å². The lowest BCUT2D eigenvalue weighted by Gasteiger charge is -2.20. The summed E-state index contributed by atoms with van der Waals surface area (Å²) < 4.78 is 1.79. The predicted molar refractivity (Wildman–Crippen MR) is 62.3 cm³/mol. The molecule has 1 saturated carbocycles. The van der Waals surface area contributed by atoms with Gasteiger partial charge in [-0.25, -0.2) is 0 Å². The fourth-order valence-electron chi connectivity index (χ4n) is 2.28. The number of aromatic nitrogens is 1. The third kappa shape index (κ3) is 2.81. The highest BCUT2D eigenvalue weighted by Gasteiger charge is 2.20. The molecule has 0 amide bonds. The van der Waals surface area contributed by atoms with E-state index in [9.17, 15) is 9.59 Å². The first-order chi connectivity index (χ1) is 7.75. The molecule has 1 aromatic rings. The Labute approximate surface area is 95.1 Å². The average molecular weight is 219 g/mol. The molecule has 2 rings (SSSR count). The highest BCUT2D eigenvalue weighted by molar-refractivity contribution is 5.80. The minimum Gasteiger partial charge on any atom is -0.347 e. The van der Waals surface area contributed by atoms with Crippen LogP contribution in [0.5, 0.6) is 0 Å². The third-order valence-corrected chi connectivity index (χ3v) is 3.26. The van der Waals surface area contributed by atoms with Crippen LogP contribution in [0.3, 0.4) is 0 Å². The number of Topliss-reactive ketones (excluding diaryl/α,β-unsaturated/α-hetero) is 1. The number of pyridine rings is 1. The second-order valence-corrected chi connectivity index (χ2v) is 4.51. The Morgan fingerprint density at radius 3 is 2.44 bits per heavy atom. The summed E-state index contributed by atoms with van der Waals surface area (Å²) in [5.74, 6) is 0.552. The van der Waals surface area contributed by atoms with E-state index >= 15 is 0 Å². The molecule has 1 fully saturated rings. The Kier molecular flexibility index (Phi) is 3.54. The van der Waals surface area contributed by atoms with Crippen LogP contribution in [-0.4, -0.2) is 10.4 Å². The van der Waals surface area contributed by atoms with E-state index in [4.69, 9.17) is 0 Å². The van der Waals surface area contributed by atoms with Crippen LogP contribution in [0, 0.1) is 5.92 Å². The van der Waals surface area contributed by atoms with Crippen LogP contribution < -0.4 is 5.43 Å². The maximum Gasteiger partial charge on any atom is 0.181 e. The van der Waals surface area contributed by atoms with Gasteiger partial charge in [-0.15, -0.1) is 0 Å². The molecular weight excluding hydrogens is 202 g/mol. The lowest BCUT2D eigenvalue weighted by atomic mass is 9.86. The lowest BCUT2D eigenvalue weighted by molar-refractivity contribution is -0.124. The van der Waals surface area contributed by atoms with Gasteiger partial charge in [-0.2, -0.15) is 0 Å². The van der Waals surface area contributed by atoms with Crippen LogP contribution in [0.15, 0.2) is 29.3 Å². The van der Waals surface area contributed by atoms with Crippen LogP contribution in [0.2, 0.25) is 0 Å². The van der Waals surface area contributed by atoms with Gasteiger partial charge in [0.15, 0.2) is 11.2 Å². The molecule has 1 aromatic heterocycles. The number of rotatable bonds is 3. The summed E-state index contributed by atoms with van der Waals surface area (Å²) in [7, 11) is 0. The number of ketones is 1. The van der Waals surface area contributed by atoms with Gasteiger partial charge in [-0.05, 0) is 12.8 Å². The summed E-state index contributed by atoms with van der Waals surface area (Å²) in [6, 6.07) is 2.99. The summed E-state index contributed by atoms with van der Waals surface area (Å²) in [4.78, 5) is 22.9. The van der Waals surface area contributed by atoms with Crippen molar-refractivity contribution in [1.82, 2.24) is 4.57 Å². The van der Waals surface area contributed by atoms with Crippen molar-refractivity contribution in [2.45, 2.75) is 38.6 Å². The zero-order chi connectivity index (χ0) is 11.4. The monoisotopic (exact) mass is 219 g/mol. The molecule has 1 heterocycles. The molecule has 3 heteroatoms. The highest BCUT2D eigenvalue weighted by Crippen LogP contribution is 2.24. The van der Waals surface area contributed by atoms with Crippen LogP contribution in [0.4, 0.5) is 0 Å². The molecule has 0 N–H and O–H groups in total. The van der Waals surface area contributed by atoms with E-state index in [1.54, 1.807) is 17.0 Å². The highest BCUT2D eigenvalue weighted by atomic mass is 16.1. The molecule has 3 nitrogen and oxygen atoms in total. The van der Waals surface area contributed by atoms with Gasteiger partial charge < -0.3 is 4.57 Å². The van der Waals surface area contributed by atoms with E-state index in [-0.39, 0.29) is 11.3 Å². The second kappa shape index (κ2) is 5.10. The van der Waals surface area contributed by atoms with Crippen molar-refractivity contribution in [2.24, 2.45) is 5.92 Å². The van der Waals surface area contributed by atoms with E-state index in [2.05, 4.69) is 0 Å². The summed E-state index contributed by atoms with van der Waals surface area (Å²) in [5.41, 5.74) is -0.0126. The molecule has 0 atom stereocenters. The Morgan fingerprint density at radius 2 is 1.81 bits per heavy atom. The van der Waals surface area contributed by atoms with Gasteiger partial charge in [-0.1, -0.05) is 19.3 Å². The molecule has 0 aliphatic heterocycles. The standard InChI is InChI=1S/C13H17NO2/c15-12-6-8-14(9-7-12)10-13(16)11-4-2-1-3-5-11/h6-9,11H,1-5,10H2. The van der Waals surface area contributed by atoms with Gasteiger partial charge in [0.25, 0.3) is 0 Å². The van der Waals surface area contributed by atoms with Crippen molar-refractivity contribution in [2.75, 3.05) is 0 Å².